The number of anilines is 1. The Hall–Kier alpha value is -2.82. The van der Waals surface area contributed by atoms with Crippen molar-refractivity contribution in [2.75, 3.05) is 5.32 Å². The molecule has 170 valence electrons. The van der Waals surface area contributed by atoms with E-state index in [2.05, 4.69) is 15.4 Å². The van der Waals surface area contributed by atoms with E-state index in [9.17, 15) is 28.2 Å². The van der Waals surface area contributed by atoms with Crippen molar-refractivity contribution in [2.24, 2.45) is 0 Å². The normalized spacial score (nSPS) is 19.5. The van der Waals surface area contributed by atoms with E-state index in [1.807, 2.05) is 0 Å². The Morgan fingerprint density at radius 2 is 1.94 bits per heavy atom. The fourth-order valence-corrected chi connectivity index (χ4v) is 3.59. The fraction of sp³-hybridized carbons (Fsp3) is 0.550. The summed E-state index contributed by atoms with van der Waals surface area (Å²) in [5.41, 5.74) is -2.37. The molecule has 31 heavy (non-hydrogen) atoms. The number of alkyl halides is 3. The molecule has 2 heterocycles. The van der Waals surface area contributed by atoms with Crippen LogP contribution >= 0.6 is 0 Å². The van der Waals surface area contributed by atoms with Crippen LogP contribution in [0.2, 0.25) is 0 Å². The first-order chi connectivity index (χ1) is 14.3. The van der Waals surface area contributed by atoms with E-state index in [1.165, 1.54) is 11.6 Å². The number of aromatic carboxylic acids is 1. The maximum atomic E-state index is 14.0. The molecule has 0 aliphatic heterocycles. The Morgan fingerprint density at radius 1 is 1.26 bits per heavy atom. The molecule has 1 fully saturated rings. The molecule has 2 aromatic heterocycles. The molecule has 2 atom stereocenters. The zero-order valence-corrected chi connectivity index (χ0v) is 17.6. The Labute approximate surface area is 177 Å². The van der Waals surface area contributed by atoms with Gasteiger partial charge in [0.1, 0.15) is 5.56 Å². The SMILES string of the molecule is Cc1c(C(=O)O)nn(C(C)(C)C)c1Oc1cncc(N[C@@H]2CCC[C@H]2O)c1C(F)(F)F. The summed E-state index contributed by atoms with van der Waals surface area (Å²) >= 11 is 0. The van der Waals surface area contributed by atoms with Crippen LogP contribution in [0.15, 0.2) is 12.4 Å². The van der Waals surface area contributed by atoms with Gasteiger partial charge < -0.3 is 20.3 Å². The Morgan fingerprint density at radius 3 is 2.45 bits per heavy atom. The lowest BCUT2D eigenvalue weighted by atomic mass is 10.1. The number of hydrogen-bond acceptors (Lipinski definition) is 6. The van der Waals surface area contributed by atoms with E-state index in [1.54, 1.807) is 20.8 Å². The third kappa shape index (κ3) is 4.60. The summed E-state index contributed by atoms with van der Waals surface area (Å²) in [6, 6.07) is -0.529. The highest BCUT2D eigenvalue weighted by Gasteiger charge is 2.40. The lowest BCUT2D eigenvalue weighted by Crippen LogP contribution is -2.29. The second kappa shape index (κ2) is 8.03. The molecule has 1 aliphatic rings. The summed E-state index contributed by atoms with van der Waals surface area (Å²) in [5.74, 6) is -2.02. The van der Waals surface area contributed by atoms with Crippen LogP contribution < -0.4 is 10.1 Å². The molecule has 0 amide bonds. The van der Waals surface area contributed by atoms with E-state index in [0.717, 1.165) is 12.4 Å². The summed E-state index contributed by atoms with van der Waals surface area (Å²) in [7, 11) is 0. The zero-order valence-electron chi connectivity index (χ0n) is 17.6. The lowest BCUT2D eigenvalue weighted by molar-refractivity contribution is -0.138. The minimum Gasteiger partial charge on any atom is -0.476 e. The third-order valence-electron chi connectivity index (χ3n) is 5.13. The molecular weight excluding hydrogens is 417 g/mol. The number of nitrogens with zero attached hydrogens (tertiary/aromatic N) is 3. The average molecular weight is 442 g/mol. The van der Waals surface area contributed by atoms with Gasteiger partial charge in [0.15, 0.2) is 11.4 Å². The number of aliphatic hydroxyl groups excluding tert-OH is 1. The van der Waals surface area contributed by atoms with Gasteiger partial charge in [-0.3, -0.25) is 4.98 Å². The molecule has 1 aliphatic carbocycles. The van der Waals surface area contributed by atoms with Crippen molar-refractivity contribution in [3.8, 4) is 11.6 Å². The van der Waals surface area contributed by atoms with Gasteiger partial charge in [-0.25, -0.2) is 9.48 Å². The summed E-state index contributed by atoms with van der Waals surface area (Å²) in [4.78, 5) is 15.4. The molecule has 1 saturated carbocycles. The first-order valence-corrected chi connectivity index (χ1v) is 9.81. The number of pyridine rings is 1. The number of nitrogens with one attached hydrogen (secondary N) is 1. The first-order valence-electron chi connectivity index (χ1n) is 9.81. The minimum atomic E-state index is -4.79. The van der Waals surface area contributed by atoms with E-state index in [0.29, 0.717) is 19.3 Å². The third-order valence-corrected chi connectivity index (χ3v) is 5.13. The van der Waals surface area contributed by atoms with Crippen LogP contribution in [0.3, 0.4) is 0 Å². The van der Waals surface area contributed by atoms with Crippen LogP contribution in [0.5, 0.6) is 11.6 Å². The van der Waals surface area contributed by atoms with Gasteiger partial charge in [-0.2, -0.15) is 18.3 Å². The van der Waals surface area contributed by atoms with Crippen molar-refractivity contribution >= 4 is 11.7 Å². The number of carbonyl (C=O) groups is 1. The van der Waals surface area contributed by atoms with Crippen molar-refractivity contribution < 1.29 is 32.9 Å². The van der Waals surface area contributed by atoms with Crippen molar-refractivity contribution in [1.29, 1.82) is 0 Å². The van der Waals surface area contributed by atoms with Gasteiger partial charge in [-0.05, 0) is 47.0 Å². The summed E-state index contributed by atoms with van der Waals surface area (Å²) < 4.78 is 49.0. The molecular formula is C20H25F3N4O4. The van der Waals surface area contributed by atoms with Crippen molar-refractivity contribution in [2.45, 2.75) is 70.8 Å². The van der Waals surface area contributed by atoms with Gasteiger partial charge in [0.2, 0.25) is 5.88 Å². The van der Waals surface area contributed by atoms with Crippen LogP contribution in [0.25, 0.3) is 0 Å². The number of aromatic nitrogens is 3. The second-order valence-corrected chi connectivity index (χ2v) is 8.58. The standard InChI is InChI=1S/C20H25F3N4O4/c1-10-16(18(29)30)26-27(19(2,3)4)17(10)31-14-9-24-8-12(15(14)20(21,22)23)25-11-6-5-7-13(11)28/h8-9,11,13,25,28H,5-7H2,1-4H3,(H,29,30)/t11-,13-/m1/s1. The number of halogens is 3. The first kappa shape index (κ1) is 22.9. The molecule has 0 spiro atoms. The number of hydrogen-bond donors (Lipinski definition) is 3. The number of rotatable bonds is 5. The van der Waals surface area contributed by atoms with Crippen molar-refractivity contribution in [1.82, 2.24) is 14.8 Å². The lowest BCUT2D eigenvalue weighted by Gasteiger charge is -2.25. The average Bonchev–Trinajstić information content (AvgIpc) is 3.18. The van der Waals surface area contributed by atoms with E-state index in [-0.39, 0.29) is 22.8 Å². The smallest absolute Gasteiger partial charge is 0.422 e. The quantitative estimate of drug-likeness (QED) is 0.637. The highest BCUT2D eigenvalue weighted by molar-refractivity contribution is 5.87. The predicted octanol–water partition coefficient (Wildman–Crippen LogP) is 4.18. The van der Waals surface area contributed by atoms with Gasteiger partial charge in [0, 0.05) is 5.56 Å². The summed E-state index contributed by atoms with van der Waals surface area (Å²) in [6.07, 6.45) is -1.85. The van der Waals surface area contributed by atoms with E-state index >= 15 is 0 Å². The largest absolute Gasteiger partial charge is 0.476 e. The van der Waals surface area contributed by atoms with Crippen LogP contribution in [0.1, 0.15) is 61.6 Å². The molecule has 0 saturated heterocycles. The van der Waals surface area contributed by atoms with Gasteiger partial charge in [0.25, 0.3) is 0 Å². The van der Waals surface area contributed by atoms with Crippen molar-refractivity contribution in [3.63, 3.8) is 0 Å². The van der Waals surface area contributed by atoms with Gasteiger partial charge in [0.05, 0.1) is 35.8 Å². The van der Waals surface area contributed by atoms with Crippen molar-refractivity contribution in [3.05, 3.63) is 29.2 Å². The molecule has 8 nitrogen and oxygen atoms in total. The second-order valence-electron chi connectivity index (χ2n) is 8.58. The Balaban J connectivity index is 2.10. The Bertz CT molecular complexity index is 982. The minimum absolute atomic E-state index is 0.0973. The monoisotopic (exact) mass is 442 g/mol. The van der Waals surface area contributed by atoms with Gasteiger partial charge >= 0.3 is 12.1 Å². The molecule has 0 unspecified atom stereocenters. The van der Waals surface area contributed by atoms with E-state index < -0.39 is 41.1 Å². The molecule has 0 aromatic carbocycles. The maximum Gasteiger partial charge on any atom is 0.422 e. The molecule has 2 aromatic rings. The number of carboxylic acids is 1. The molecule has 0 bridgehead atoms. The molecule has 3 N–H and O–H groups in total. The predicted molar refractivity (Wildman–Crippen MR) is 106 cm³/mol. The van der Waals surface area contributed by atoms with E-state index in [4.69, 9.17) is 4.74 Å². The van der Waals surface area contributed by atoms with Crippen LogP contribution in [0, 0.1) is 6.92 Å². The van der Waals surface area contributed by atoms with Crippen LogP contribution in [-0.2, 0) is 11.7 Å². The van der Waals surface area contributed by atoms with Crippen LogP contribution in [0.4, 0.5) is 18.9 Å². The number of aliphatic hydroxyl groups is 1. The molecule has 11 heteroatoms. The number of carboxylic acid groups (broad SMARTS) is 1. The fourth-order valence-electron chi connectivity index (χ4n) is 3.59. The summed E-state index contributed by atoms with van der Waals surface area (Å²) in [5, 5.41) is 26.2. The van der Waals surface area contributed by atoms with Gasteiger partial charge in [-0.1, -0.05) is 0 Å². The zero-order chi connectivity index (χ0) is 23.1. The topological polar surface area (TPSA) is 110 Å². The summed E-state index contributed by atoms with van der Waals surface area (Å²) in [6.45, 7) is 6.59. The van der Waals surface area contributed by atoms with Gasteiger partial charge in [-0.15, -0.1) is 0 Å². The van der Waals surface area contributed by atoms with Crippen LogP contribution in [-0.4, -0.2) is 43.1 Å². The maximum absolute atomic E-state index is 14.0. The number of ether oxygens (including phenoxy) is 1. The highest BCUT2D eigenvalue weighted by atomic mass is 19.4. The molecule has 3 rings (SSSR count). The Kier molecular flexibility index (Phi) is 5.92. The molecule has 0 radical (unpaired) electrons. The highest BCUT2D eigenvalue weighted by Crippen LogP contribution is 2.44.